The number of nitrogens with zero attached hydrogens (tertiary/aromatic N) is 2. The Balaban J connectivity index is 1.50. The summed E-state index contributed by atoms with van der Waals surface area (Å²) in [6.45, 7) is 5.76. The van der Waals surface area contributed by atoms with Gasteiger partial charge in [-0.05, 0) is 43.7 Å². The first-order chi connectivity index (χ1) is 13.7. The molecule has 4 heteroatoms. The van der Waals surface area contributed by atoms with Gasteiger partial charge in [0.05, 0.1) is 12.1 Å². The molecular weight excluding hydrogens is 364 g/mol. The zero-order valence-electron chi connectivity index (χ0n) is 17.7. The maximum atomic E-state index is 12.4. The molecule has 1 aromatic carbocycles. The summed E-state index contributed by atoms with van der Waals surface area (Å²) in [6.07, 6.45) is 13.4. The second-order valence-electron chi connectivity index (χ2n) is 7.56. The minimum atomic E-state index is 0.280. The van der Waals surface area contributed by atoms with E-state index in [4.69, 9.17) is 0 Å². The third-order valence-electron chi connectivity index (χ3n) is 5.23. The van der Waals surface area contributed by atoms with E-state index in [-0.39, 0.29) is 5.91 Å². The fourth-order valence-electron chi connectivity index (χ4n) is 3.52. The number of carbonyl (C=O) groups is 1. The molecule has 2 aromatic rings. The normalized spacial score (nSPS) is 10.9. The van der Waals surface area contributed by atoms with Crippen LogP contribution in [0.4, 0.5) is 0 Å². The molecule has 1 aromatic heterocycles. The van der Waals surface area contributed by atoms with Gasteiger partial charge in [-0.3, -0.25) is 9.78 Å². The van der Waals surface area contributed by atoms with Gasteiger partial charge in [-0.15, -0.1) is 11.3 Å². The molecule has 0 aliphatic rings. The SMILES string of the molecule is CCCc1ccc(CCCCCCCCC(=O)N(CC)Cc2cncs2)cc1. The monoisotopic (exact) mass is 400 g/mol. The molecule has 154 valence electrons. The molecule has 0 saturated heterocycles. The number of carbonyl (C=O) groups excluding carboxylic acids is 1. The van der Waals surface area contributed by atoms with Gasteiger partial charge < -0.3 is 4.90 Å². The molecule has 0 spiro atoms. The van der Waals surface area contributed by atoms with Gasteiger partial charge in [0, 0.05) is 24.0 Å². The molecule has 2 rings (SSSR count). The van der Waals surface area contributed by atoms with Gasteiger partial charge >= 0.3 is 0 Å². The molecule has 1 amide bonds. The number of rotatable bonds is 14. The lowest BCUT2D eigenvalue weighted by Gasteiger charge is -2.19. The Kier molecular flexibility index (Phi) is 10.9. The van der Waals surface area contributed by atoms with Crippen molar-refractivity contribution >= 4 is 17.2 Å². The molecule has 0 bridgehead atoms. The van der Waals surface area contributed by atoms with E-state index in [9.17, 15) is 4.79 Å². The average Bonchev–Trinajstić information content (AvgIpc) is 3.22. The average molecular weight is 401 g/mol. The van der Waals surface area contributed by atoms with Gasteiger partial charge in [0.2, 0.25) is 5.91 Å². The van der Waals surface area contributed by atoms with Crippen molar-refractivity contribution in [1.82, 2.24) is 9.88 Å². The summed E-state index contributed by atoms with van der Waals surface area (Å²) in [5.74, 6) is 0.280. The first-order valence-electron chi connectivity index (χ1n) is 11.0. The van der Waals surface area contributed by atoms with Crippen LogP contribution in [0.5, 0.6) is 0 Å². The molecule has 0 saturated carbocycles. The maximum Gasteiger partial charge on any atom is 0.222 e. The van der Waals surface area contributed by atoms with Crippen LogP contribution in [0.3, 0.4) is 0 Å². The molecule has 0 N–H and O–H groups in total. The summed E-state index contributed by atoms with van der Waals surface area (Å²) in [5, 5.41) is 0. The molecule has 0 fully saturated rings. The number of thiazole rings is 1. The predicted octanol–water partition coefficient (Wildman–Crippen LogP) is 6.42. The fourth-order valence-corrected chi connectivity index (χ4v) is 4.13. The second-order valence-corrected chi connectivity index (χ2v) is 8.53. The molecular formula is C24H36N2OS. The quantitative estimate of drug-likeness (QED) is 0.343. The van der Waals surface area contributed by atoms with Crippen molar-refractivity contribution < 1.29 is 4.79 Å². The van der Waals surface area contributed by atoms with E-state index in [1.54, 1.807) is 11.3 Å². The lowest BCUT2D eigenvalue weighted by Crippen LogP contribution is -2.29. The Morgan fingerprint density at radius 1 is 0.929 bits per heavy atom. The lowest BCUT2D eigenvalue weighted by atomic mass is 10.0. The predicted molar refractivity (Wildman–Crippen MR) is 120 cm³/mol. The summed E-state index contributed by atoms with van der Waals surface area (Å²) in [4.78, 5) is 19.6. The first-order valence-corrected chi connectivity index (χ1v) is 11.8. The van der Waals surface area contributed by atoms with Crippen molar-refractivity contribution in [2.24, 2.45) is 0 Å². The van der Waals surface area contributed by atoms with Crippen molar-refractivity contribution in [3.8, 4) is 0 Å². The summed E-state index contributed by atoms with van der Waals surface area (Å²) in [6, 6.07) is 9.15. The van der Waals surface area contributed by atoms with Crippen LogP contribution in [0.15, 0.2) is 36.0 Å². The fraction of sp³-hybridized carbons (Fsp3) is 0.583. The van der Waals surface area contributed by atoms with E-state index < -0.39 is 0 Å². The van der Waals surface area contributed by atoms with E-state index in [0.717, 1.165) is 24.3 Å². The van der Waals surface area contributed by atoms with E-state index in [0.29, 0.717) is 13.0 Å². The van der Waals surface area contributed by atoms with Gasteiger partial charge in [0.25, 0.3) is 0 Å². The standard InChI is InChI=1S/C24H36N2OS/c1-3-11-21-14-16-22(17-15-21)12-9-7-5-6-8-10-13-24(27)26(4-2)19-23-18-25-20-28-23/h14-18,20H,3-13,19H2,1-2H3. The Bertz CT molecular complexity index is 652. The number of hydrogen-bond donors (Lipinski definition) is 0. The molecule has 28 heavy (non-hydrogen) atoms. The summed E-state index contributed by atoms with van der Waals surface area (Å²) in [7, 11) is 0. The van der Waals surface area contributed by atoms with Crippen molar-refractivity contribution in [2.45, 2.75) is 84.6 Å². The molecule has 0 unspecified atom stereocenters. The number of unbranched alkanes of at least 4 members (excludes halogenated alkanes) is 5. The number of amides is 1. The second kappa shape index (κ2) is 13.5. The highest BCUT2D eigenvalue weighted by molar-refractivity contribution is 7.09. The Morgan fingerprint density at radius 2 is 1.57 bits per heavy atom. The molecule has 0 atom stereocenters. The molecule has 1 heterocycles. The Morgan fingerprint density at radius 3 is 2.18 bits per heavy atom. The van der Waals surface area contributed by atoms with Crippen LogP contribution in [0.2, 0.25) is 0 Å². The van der Waals surface area contributed by atoms with Crippen LogP contribution in [0.1, 0.15) is 81.2 Å². The molecule has 0 radical (unpaired) electrons. The summed E-state index contributed by atoms with van der Waals surface area (Å²) < 4.78 is 0. The zero-order valence-corrected chi connectivity index (χ0v) is 18.5. The van der Waals surface area contributed by atoms with Crippen LogP contribution in [-0.4, -0.2) is 22.3 Å². The number of hydrogen-bond acceptors (Lipinski definition) is 3. The highest BCUT2D eigenvalue weighted by Gasteiger charge is 2.12. The topological polar surface area (TPSA) is 33.2 Å². The van der Waals surface area contributed by atoms with Crippen LogP contribution >= 0.6 is 11.3 Å². The van der Waals surface area contributed by atoms with Gasteiger partial charge in [0.1, 0.15) is 0 Å². The van der Waals surface area contributed by atoms with E-state index in [1.807, 2.05) is 16.6 Å². The third kappa shape index (κ3) is 8.55. The minimum Gasteiger partial charge on any atom is -0.338 e. The highest BCUT2D eigenvalue weighted by atomic mass is 32.1. The van der Waals surface area contributed by atoms with Gasteiger partial charge in [-0.2, -0.15) is 0 Å². The molecule has 0 aliphatic carbocycles. The smallest absolute Gasteiger partial charge is 0.222 e. The Labute approximate surface area is 175 Å². The van der Waals surface area contributed by atoms with Crippen LogP contribution in [0, 0.1) is 0 Å². The summed E-state index contributed by atoms with van der Waals surface area (Å²) >= 11 is 1.62. The van der Waals surface area contributed by atoms with Gasteiger partial charge in [0.15, 0.2) is 0 Å². The van der Waals surface area contributed by atoms with Gasteiger partial charge in [-0.1, -0.05) is 63.3 Å². The minimum absolute atomic E-state index is 0.280. The maximum absolute atomic E-state index is 12.4. The highest BCUT2D eigenvalue weighted by Crippen LogP contribution is 2.14. The van der Waals surface area contributed by atoms with E-state index >= 15 is 0 Å². The van der Waals surface area contributed by atoms with Crippen LogP contribution in [-0.2, 0) is 24.2 Å². The van der Waals surface area contributed by atoms with Crippen molar-refractivity contribution in [3.63, 3.8) is 0 Å². The van der Waals surface area contributed by atoms with Gasteiger partial charge in [-0.25, -0.2) is 0 Å². The van der Waals surface area contributed by atoms with Crippen molar-refractivity contribution in [2.75, 3.05) is 6.54 Å². The zero-order chi connectivity index (χ0) is 20.0. The van der Waals surface area contributed by atoms with Crippen LogP contribution < -0.4 is 0 Å². The molecule has 0 aliphatic heterocycles. The lowest BCUT2D eigenvalue weighted by molar-refractivity contribution is -0.131. The number of aryl methyl sites for hydroxylation is 2. The number of aromatic nitrogens is 1. The summed E-state index contributed by atoms with van der Waals surface area (Å²) in [5.41, 5.74) is 4.75. The van der Waals surface area contributed by atoms with Crippen molar-refractivity contribution in [3.05, 3.63) is 52.0 Å². The van der Waals surface area contributed by atoms with Crippen molar-refractivity contribution in [1.29, 1.82) is 0 Å². The van der Waals surface area contributed by atoms with E-state index in [2.05, 4.69) is 43.1 Å². The number of benzene rings is 1. The first kappa shape index (κ1) is 22.6. The molecule has 3 nitrogen and oxygen atoms in total. The third-order valence-corrected chi connectivity index (χ3v) is 6.00. The van der Waals surface area contributed by atoms with Crippen LogP contribution in [0.25, 0.3) is 0 Å². The Hall–Kier alpha value is -1.68. The largest absolute Gasteiger partial charge is 0.338 e. The van der Waals surface area contributed by atoms with E-state index in [1.165, 1.54) is 56.1 Å².